The highest BCUT2D eigenvalue weighted by molar-refractivity contribution is 5.76. The summed E-state index contributed by atoms with van der Waals surface area (Å²) in [5.74, 6) is 1.35. The van der Waals surface area contributed by atoms with E-state index in [2.05, 4.69) is 13.8 Å². The van der Waals surface area contributed by atoms with E-state index in [1.807, 2.05) is 20.9 Å². The van der Waals surface area contributed by atoms with Crippen LogP contribution >= 0.6 is 0 Å². The van der Waals surface area contributed by atoms with Gasteiger partial charge in [-0.1, -0.05) is 34.1 Å². The molecule has 0 atom stereocenters. The maximum atomic E-state index is 11.9. The van der Waals surface area contributed by atoms with Gasteiger partial charge < -0.3 is 14.5 Å². The minimum atomic E-state index is 0.154. The zero-order valence-corrected chi connectivity index (χ0v) is 15.9. The lowest BCUT2D eigenvalue weighted by Crippen LogP contribution is -2.33. The molecule has 0 saturated heterocycles. The van der Waals surface area contributed by atoms with Gasteiger partial charge in [-0.05, 0) is 18.3 Å². The maximum absolute atomic E-state index is 11.9. The van der Waals surface area contributed by atoms with Gasteiger partial charge in [0.25, 0.3) is 0 Å². The molecule has 0 fully saturated rings. The summed E-state index contributed by atoms with van der Waals surface area (Å²) in [4.78, 5) is 27.1. The van der Waals surface area contributed by atoms with Gasteiger partial charge in [0.2, 0.25) is 11.8 Å². The number of hydrogen-bond acceptors (Lipinski definition) is 3. The molecule has 136 valence electrons. The van der Waals surface area contributed by atoms with Crippen LogP contribution in [0.3, 0.4) is 0 Å². The second kappa shape index (κ2) is 12.3. The molecule has 0 aliphatic rings. The summed E-state index contributed by atoms with van der Waals surface area (Å²) >= 11 is 0. The molecule has 5 nitrogen and oxygen atoms in total. The largest absolute Gasteiger partial charge is 0.378 e. The van der Waals surface area contributed by atoms with E-state index in [4.69, 9.17) is 4.74 Å². The molecule has 0 bridgehead atoms. The molecule has 0 radical (unpaired) electrons. The molecular weight excluding hydrogens is 292 g/mol. The Kier molecular flexibility index (Phi) is 11.7. The Morgan fingerprint density at radius 3 is 1.87 bits per heavy atom. The predicted octanol–water partition coefficient (Wildman–Crippen LogP) is 2.79. The second-order valence-corrected chi connectivity index (χ2v) is 7.13. The fourth-order valence-electron chi connectivity index (χ4n) is 2.11. The van der Waals surface area contributed by atoms with Gasteiger partial charge in [-0.15, -0.1) is 0 Å². The lowest BCUT2D eigenvalue weighted by atomic mass is 10.1. The van der Waals surface area contributed by atoms with Gasteiger partial charge in [0.05, 0.1) is 13.2 Å². The standard InChI is InChI=1S/C18H36N2O3/c1-15(2)8-7-9-17(21)19(5)10-12-23-13-11-20(6)18(22)14-16(3)4/h15-16H,7-14H2,1-6H3. The van der Waals surface area contributed by atoms with Crippen molar-refractivity contribution in [3.8, 4) is 0 Å². The summed E-state index contributed by atoms with van der Waals surface area (Å²) in [5, 5.41) is 0. The normalized spacial score (nSPS) is 11.1. The third-order valence-electron chi connectivity index (χ3n) is 3.75. The van der Waals surface area contributed by atoms with Gasteiger partial charge in [0.1, 0.15) is 0 Å². The zero-order chi connectivity index (χ0) is 17.8. The molecule has 23 heavy (non-hydrogen) atoms. The number of amides is 2. The van der Waals surface area contributed by atoms with E-state index in [1.165, 1.54) is 0 Å². The highest BCUT2D eigenvalue weighted by Gasteiger charge is 2.11. The van der Waals surface area contributed by atoms with E-state index >= 15 is 0 Å². The van der Waals surface area contributed by atoms with Crippen molar-refractivity contribution in [3.05, 3.63) is 0 Å². The summed E-state index contributed by atoms with van der Waals surface area (Å²) in [6.45, 7) is 10.6. The monoisotopic (exact) mass is 328 g/mol. The highest BCUT2D eigenvalue weighted by atomic mass is 16.5. The van der Waals surface area contributed by atoms with Gasteiger partial charge in [-0.2, -0.15) is 0 Å². The molecule has 2 amide bonds. The number of nitrogens with zero attached hydrogens (tertiary/aromatic N) is 2. The van der Waals surface area contributed by atoms with Crippen LogP contribution in [0.1, 0.15) is 53.4 Å². The number of likely N-dealkylation sites (N-methyl/N-ethyl adjacent to an activating group) is 2. The first-order valence-corrected chi connectivity index (χ1v) is 8.79. The molecule has 0 aliphatic heterocycles. The second-order valence-electron chi connectivity index (χ2n) is 7.13. The quantitative estimate of drug-likeness (QED) is 0.518. The molecule has 0 heterocycles. The van der Waals surface area contributed by atoms with E-state index in [0.717, 1.165) is 12.8 Å². The Bertz CT molecular complexity index is 343. The third-order valence-corrected chi connectivity index (χ3v) is 3.75. The van der Waals surface area contributed by atoms with E-state index in [-0.39, 0.29) is 11.8 Å². The Morgan fingerprint density at radius 2 is 1.39 bits per heavy atom. The van der Waals surface area contributed by atoms with Crippen molar-refractivity contribution < 1.29 is 14.3 Å². The average Bonchev–Trinajstić information content (AvgIpc) is 2.45. The molecule has 0 N–H and O–H groups in total. The molecule has 0 aromatic rings. The van der Waals surface area contributed by atoms with Gasteiger partial charge in [0.15, 0.2) is 0 Å². The van der Waals surface area contributed by atoms with Crippen molar-refractivity contribution in [1.82, 2.24) is 9.80 Å². The maximum Gasteiger partial charge on any atom is 0.222 e. The van der Waals surface area contributed by atoms with Crippen molar-refractivity contribution in [2.75, 3.05) is 40.4 Å². The van der Waals surface area contributed by atoms with Crippen molar-refractivity contribution in [1.29, 1.82) is 0 Å². The topological polar surface area (TPSA) is 49.9 Å². The fourth-order valence-corrected chi connectivity index (χ4v) is 2.11. The van der Waals surface area contributed by atoms with Gasteiger partial charge >= 0.3 is 0 Å². The number of carbonyl (C=O) groups excluding carboxylic acids is 2. The van der Waals surface area contributed by atoms with Crippen LogP contribution in [-0.4, -0.2) is 62.0 Å². The minimum absolute atomic E-state index is 0.154. The van der Waals surface area contributed by atoms with Crippen LogP contribution in [0.25, 0.3) is 0 Å². The fraction of sp³-hybridized carbons (Fsp3) is 0.889. The number of ether oxygens (including phenoxy) is 1. The van der Waals surface area contributed by atoms with Gasteiger partial charge in [-0.3, -0.25) is 9.59 Å². The summed E-state index contributed by atoms with van der Waals surface area (Å²) in [5.41, 5.74) is 0. The van der Waals surface area contributed by atoms with Crippen LogP contribution in [0.15, 0.2) is 0 Å². The smallest absolute Gasteiger partial charge is 0.222 e. The summed E-state index contributed by atoms with van der Waals surface area (Å²) in [6.07, 6.45) is 3.22. The van der Waals surface area contributed by atoms with Crippen molar-refractivity contribution in [3.63, 3.8) is 0 Å². The SMILES string of the molecule is CC(C)CCCC(=O)N(C)CCOCCN(C)C(=O)CC(C)C. The molecule has 0 rings (SSSR count). The van der Waals surface area contributed by atoms with Crippen LogP contribution in [0.4, 0.5) is 0 Å². The number of hydrogen-bond donors (Lipinski definition) is 0. The van der Waals surface area contributed by atoms with Crippen LogP contribution < -0.4 is 0 Å². The summed E-state index contributed by atoms with van der Waals surface area (Å²) in [6, 6.07) is 0. The van der Waals surface area contributed by atoms with Crippen LogP contribution in [-0.2, 0) is 14.3 Å². The van der Waals surface area contributed by atoms with Crippen LogP contribution in [0.2, 0.25) is 0 Å². The lowest BCUT2D eigenvalue weighted by molar-refractivity contribution is -0.131. The van der Waals surface area contributed by atoms with Gasteiger partial charge in [0, 0.05) is 40.0 Å². The molecular formula is C18H36N2O3. The molecule has 0 aliphatic carbocycles. The first-order valence-electron chi connectivity index (χ1n) is 8.79. The Hall–Kier alpha value is -1.10. The molecule has 0 unspecified atom stereocenters. The first-order chi connectivity index (χ1) is 10.7. The van der Waals surface area contributed by atoms with E-state index < -0.39 is 0 Å². The van der Waals surface area contributed by atoms with E-state index in [0.29, 0.717) is 51.0 Å². The van der Waals surface area contributed by atoms with Crippen LogP contribution in [0, 0.1) is 11.8 Å². The van der Waals surface area contributed by atoms with Crippen molar-refractivity contribution in [2.24, 2.45) is 11.8 Å². The lowest BCUT2D eigenvalue weighted by Gasteiger charge is -2.20. The number of carbonyl (C=O) groups is 2. The zero-order valence-electron chi connectivity index (χ0n) is 15.9. The van der Waals surface area contributed by atoms with E-state index in [9.17, 15) is 9.59 Å². The molecule has 0 aromatic heterocycles. The van der Waals surface area contributed by atoms with Crippen molar-refractivity contribution >= 4 is 11.8 Å². The highest BCUT2D eigenvalue weighted by Crippen LogP contribution is 2.07. The van der Waals surface area contributed by atoms with Crippen LogP contribution in [0.5, 0.6) is 0 Å². The first kappa shape index (κ1) is 21.9. The minimum Gasteiger partial charge on any atom is -0.378 e. The summed E-state index contributed by atoms with van der Waals surface area (Å²) in [7, 11) is 3.62. The van der Waals surface area contributed by atoms with E-state index in [1.54, 1.807) is 16.8 Å². The summed E-state index contributed by atoms with van der Waals surface area (Å²) < 4.78 is 5.54. The Morgan fingerprint density at radius 1 is 0.870 bits per heavy atom. The predicted molar refractivity (Wildman–Crippen MR) is 94.2 cm³/mol. The number of rotatable bonds is 12. The van der Waals surface area contributed by atoms with Gasteiger partial charge in [-0.25, -0.2) is 0 Å². The molecule has 0 spiro atoms. The Balaban J connectivity index is 3.70. The van der Waals surface area contributed by atoms with Crippen molar-refractivity contribution in [2.45, 2.75) is 53.4 Å². The third kappa shape index (κ3) is 12.0. The molecule has 0 aromatic carbocycles. The Labute approximate surface area is 142 Å². The molecule has 0 saturated carbocycles. The molecule has 5 heteroatoms. The average molecular weight is 328 g/mol.